The summed E-state index contributed by atoms with van der Waals surface area (Å²) in [7, 11) is 0. The molecule has 3 rings (SSSR count). The highest BCUT2D eigenvalue weighted by Crippen LogP contribution is 2.39. The van der Waals surface area contributed by atoms with Crippen LogP contribution in [0.2, 0.25) is 0 Å². The zero-order valence-electron chi connectivity index (χ0n) is 14.1. The van der Waals surface area contributed by atoms with Gasteiger partial charge in [-0.15, -0.1) is 0 Å². The summed E-state index contributed by atoms with van der Waals surface area (Å²) in [6.45, 7) is 0.877. The molecule has 1 saturated heterocycles. The molecule has 0 aliphatic carbocycles. The molecule has 2 N–H and O–H groups in total. The van der Waals surface area contributed by atoms with Crippen molar-refractivity contribution in [3.8, 4) is 0 Å². The van der Waals surface area contributed by atoms with Crippen LogP contribution in [-0.2, 0) is 19.9 Å². The van der Waals surface area contributed by atoms with Gasteiger partial charge in [-0.1, -0.05) is 60.7 Å². The number of imide groups is 2. The molecular weight excluding hydrogens is 334 g/mol. The first-order valence-electron chi connectivity index (χ1n) is 8.02. The van der Waals surface area contributed by atoms with Crippen LogP contribution in [-0.4, -0.2) is 35.2 Å². The molecule has 7 heteroatoms. The average Bonchev–Trinajstić information content (AvgIpc) is 2.92. The summed E-state index contributed by atoms with van der Waals surface area (Å²) in [6, 6.07) is 16.4. The van der Waals surface area contributed by atoms with Gasteiger partial charge in [0, 0.05) is 6.92 Å². The highest BCUT2D eigenvalue weighted by atomic mass is 16.2. The average molecular weight is 351 g/mol. The second kappa shape index (κ2) is 6.79. The van der Waals surface area contributed by atoms with Gasteiger partial charge in [-0.3, -0.25) is 19.7 Å². The quantitative estimate of drug-likeness (QED) is 0.808. The van der Waals surface area contributed by atoms with Crippen LogP contribution in [0.15, 0.2) is 60.7 Å². The maximum absolute atomic E-state index is 12.9. The number of urea groups is 1. The van der Waals surface area contributed by atoms with E-state index in [0.29, 0.717) is 11.1 Å². The SMILES string of the molecule is CC(=O)NCC(=O)N1C(=O)NC(=O)C1(c1ccccc1)c1ccccc1. The van der Waals surface area contributed by atoms with Crippen molar-refractivity contribution in [2.75, 3.05) is 6.54 Å². The Kier molecular flexibility index (Phi) is 4.53. The number of benzene rings is 2. The fourth-order valence-corrected chi connectivity index (χ4v) is 3.12. The number of hydrogen-bond donors (Lipinski definition) is 2. The van der Waals surface area contributed by atoms with E-state index in [-0.39, 0.29) is 0 Å². The molecule has 0 spiro atoms. The maximum Gasteiger partial charge on any atom is 0.332 e. The molecule has 0 unspecified atom stereocenters. The van der Waals surface area contributed by atoms with Gasteiger partial charge >= 0.3 is 6.03 Å². The van der Waals surface area contributed by atoms with Crippen molar-refractivity contribution < 1.29 is 19.2 Å². The van der Waals surface area contributed by atoms with Crippen molar-refractivity contribution >= 4 is 23.8 Å². The minimum Gasteiger partial charge on any atom is -0.347 e. The summed E-state index contributed by atoms with van der Waals surface area (Å²) in [6.07, 6.45) is 0. The van der Waals surface area contributed by atoms with E-state index >= 15 is 0 Å². The van der Waals surface area contributed by atoms with Gasteiger partial charge in [0.05, 0.1) is 6.54 Å². The van der Waals surface area contributed by atoms with Crippen molar-refractivity contribution in [2.45, 2.75) is 12.5 Å². The largest absolute Gasteiger partial charge is 0.347 e. The van der Waals surface area contributed by atoms with E-state index in [2.05, 4.69) is 10.6 Å². The fraction of sp³-hybridized carbons (Fsp3) is 0.158. The predicted octanol–water partition coefficient (Wildman–Crippen LogP) is 1.14. The first kappa shape index (κ1) is 17.3. The Morgan fingerprint density at radius 3 is 1.92 bits per heavy atom. The van der Waals surface area contributed by atoms with Crippen LogP contribution in [0, 0.1) is 0 Å². The van der Waals surface area contributed by atoms with E-state index < -0.39 is 35.8 Å². The number of carbonyl (C=O) groups is 4. The predicted molar refractivity (Wildman–Crippen MR) is 92.7 cm³/mol. The van der Waals surface area contributed by atoms with Crippen molar-refractivity contribution in [1.82, 2.24) is 15.5 Å². The second-order valence-electron chi connectivity index (χ2n) is 5.84. The Labute approximate surface area is 150 Å². The van der Waals surface area contributed by atoms with Gasteiger partial charge in [0.2, 0.25) is 5.91 Å². The third-order valence-electron chi connectivity index (χ3n) is 4.21. The Balaban J connectivity index is 2.20. The molecule has 0 bridgehead atoms. The van der Waals surface area contributed by atoms with Crippen LogP contribution >= 0.6 is 0 Å². The molecule has 0 atom stereocenters. The Morgan fingerprint density at radius 2 is 1.46 bits per heavy atom. The number of rotatable bonds is 4. The van der Waals surface area contributed by atoms with Crippen LogP contribution in [0.3, 0.4) is 0 Å². The highest BCUT2D eigenvalue weighted by molar-refractivity contribution is 6.16. The van der Waals surface area contributed by atoms with Gasteiger partial charge in [0.25, 0.3) is 11.8 Å². The standard InChI is InChI=1S/C19H17N3O4/c1-13(23)20-12-16(24)22-18(26)21-17(25)19(22,14-8-4-2-5-9-14)15-10-6-3-7-11-15/h2-11H,12H2,1H3,(H,20,23)(H,21,25,26). The first-order valence-corrected chi connectivity index (χ1v) is 8.02. The molecule has 1 aliphatic rings. The molecule has 26 heavy (non-hydrogen) atoms. The minimum atomic E-state index is -1.63. The molecule has 0 aromatic heterocycles. The fourth-order valence-electron chi connectivity index (χ4n) is 3.12. The van der Waals surface area contributed by atoms with E-state index in [1.807, 2.05) is 0 Å². The lowest BCUT2D eigenvalue weighted by molar-refractivity contribution is -0.137. The molecule has 1 fully saturated rings. The van der Waals surface area contributed by atoms with Crippen LogP contribution in [0.1, 0.15) is 18.1 Å². The molecule has 5 amide bonds. The minimum absolute atomic E-state index is 0.391. The zero-order valence-corrected chi connectivity index (χ0v) is 14.1. The number of amides is 5. The lowest BCUT2D eigenvalue weighted by atomic mass is 9.81. The number of nitrogens with one attached hydrogen (secondary N) is 2. The molecule has 1 heterocycles. The number of carbonyl (C=O) groups excluding carboxylic acids is 4. The molecule has 2 aromatic rings. The molecule has 132 valence electrons. The van der Waals surface area contributed by atoms with Gasteiger partial charge in [0.15, 0.2) is 5.54 Å². The molecule has 2 aromatic carbocycles. The normalized spacial score (nSPS) is 15.5. The Bertz CT molecular complexity index is 825. The van der Waals surface area contributed by atoms with Gasteiger partial charge in [0.1, 0.15) is 0 Å². The van der Waals surface area contributed by atoms with Crippen LogP contribution in [0.4, 0.5) is 4.79 Å². The van der Waals surface area contributed by atoms with Gasteiger partial charge in [-0.05, 0) is 11.1 Å². The summed E-state index contributed by atoms with van der Waals surface area (Å²) in [5.74, 6) is -1.71. The van der Waals surface area contributed by atoms with Crippen LogP contribution in [0.5, 0.6) is 0 Å². The summed E-state index contributed by atoms with van der Waals surface area (Å²) < 4.78 is 0. The molecular formula is C19H17N3O4. The Hall–Kier alpha value is -3.48. The van der Waals surface area contributed by atoms with Gasteiger partial charge in [-0.25, -0.2) is 9.69 Å². The van der Waals surface area contributed by atoms with E-state index in [4.69, 9.17) is 0 Å². The first-order chi connectivity index (χ1) is 12.5. The van der Waals surface area contributed by atoms with Crippen LogP contribution < -0.4 is 10.6 Å². The highest BCUT2D eigenvalue weighted by Gasteiger charge is 2.58. The zero-order chi connectivity index (χ0) is 18.7. The molecule has 1 aliphatic heterocycles. The maximum atomic E-state index is 12.9. The van der Waals surface area contributed by atoms with Crippen molar-refractivity contribution in [1.29, 1.82) is 0 Å². The summed E-state index contributed by atoms with van der Waals surface area (Å²) in [5, 5.41) is 4.61. The summed E-state index contributed by atoms with van der Waals surface area (Å²) in [4.78, 5) is 50.3. The van der Waals surface area contributed by atoms with Crippen molar-refractivity contribution in [3.63, 3.8) is 0 Å². The monoisotopic (exact) mass is 351 g/mol. The lowest BCUT2D eigenvalue weighted by Gasteiger charge is -2.34. The molecule has 0 radical (unpaired) electrons. The topological polar surface area (TPSA) is 95.6 Å². The third kappa shape index (κ3) is 2.73. The van der Waals surface area contributed by atoms with Crippen molar-refractivity contribution in [3.05, 3.63) is 71.8 Å². The van der Waals surface area contributed by atoms with Crippen molar-refractivity contribution in [2.24, 2.45) is 0 Å². The number of nitrogens with zero attached hydrogens (tertiary/aromatic N) is 1. The van der Waals surface area contributed by atoms with E-state index in [1.54, 1.807) is 60.7 Å². The Morgan fingerprint density at radius 1 is 0.962 bits per heavy atom. The van der Waals surface area contributed by atoms with E-state index in [1.165, 1.54) is 6.92 Å². The lowest BCUT2D eigenvalue weighted by Crippen LogP contribution is -2.53. The molecule has 7 nitrogen and oxygen atoms in total. The van der Waals surface area contributed by atoms with E-state index in [9.17, 15) is 19.2 Å². The second-order valence-corrected chi connectivity index (χ2v) is 5.84. The summed E-state index contributed by atoms with van der Waals surface area (Å²) in [5.41, 5.74) is -0.675. The molecule has 0 saturated carbocycles. The van der Waals surface area contributed by atoms with E-state index in [0.717, 1.165) is 4.90 Å². The van der Waals surface area contributed by atoms with Gasteiger partial charge in [-0.2, -0.15) is 0 Å². The van der Waals surface area contributed by atoms with Crippen LogP contribution in [0.25, 0.3) is 0 Å². The third-order valence-corrected chi connectivity index (χ3v) is 4.21. The smallest absolute Gasteiger partial charge is 0.332 e. The number of hydrogen-bond acceptors (Lipinski definition) is 4. The summed E-state index contributed by atoms with van der Waals surface area (Å²) >= 11 is 0. The van der Waals surface area contributed by atoms with Gasteiger partial charge < -0.3 is 5.32 Å².